The van der Waals surface area contributed by atoms with Crippen molar-refractivity contribution < 1.29 is 19.0 Å². The van der Waals surface area contributed by atoms with Gasteiger partial charge in [0.05, 0.1) is 18.9 Å². The van der Waals surface area contributed by atoms with Crippen LogP contribution in [0.4, 0.5) is 4.79 Å². The van der Waals surface area contributed by atoms with E-state index in [2.05, 4.69) is 6.58 Å². The molecule has 0 bridgehead atoms. The third-order valence-electron chi connectivity index (χ3n) is 2.56. The summed E-state index contributed by atoms with van der Waals surface area (Å²) in [7, 11) is 1.59. The average Bonchev–Trinajstić information content (AvgIpc) is 2.26. The minimum Gasteiger partial charge on any atom is -0.497 e. The van der Waals surface area contributed by atoms with E-state index in [1.165, 1.54) is 6.26 Å². The van der Waals surface area contributed by atoms with Crippen molar-refractivity contribution in [2.45, 2.75) is 52.4 Å². The molecule has 5 heteroatoms. The molecule has 0 saturated carbocycles. The molecule has 0 aromatic heterocycles. The van der Waals surface area contributed by atoms with Gasteiger partial charge in [-0.25, -0.2) is 4.79 Å². The molecular weight excluding hydrogens is 246 g/mol. The molecule has 0 N–H and O–H groups in total. The number of ether oxygens (including phenoxy) is 3. The van der Waals surface area contributed by atoms with Gasteiger partial charge >= 0.3 is 6.09 Å². The topological polar surface area (TPSA) is 48.0 Å². The number of hydrogen-bond donors (Lipinski definition) is 0. The first kappa shape index (κ1) is 17.8. The van der Waals surface area contributed by atoms with E-state index >= 15 is 0 Å². The first-order valence-corrected chi connectivity index (χ1v) is 6.51. The second kappa shape index (κ2) is 8.04. The van der Waals surface area contributed by atoms with Crippen LogP contribution in [0.3, 0.4) is 0 Å². The Kier molecular flexibility index (Phi) is 7.52. The number of hydrogen-bond acceptors (Lipinski definition) is 4. The zero-order valence-corrected chi connectivity index (χ0v) is 12.9. The van der Waals surface area contributed by atoms with E-state index in [1.54, 1.807) is 12.0 Å². The van der Waals surface area contributed by atoms with Crippen LogP contribution >= 0.6 is 0 Å². The van der Waals surface area contributed by atoms with Gasteiger partial charge in [-0.2, -0.15) is 0 Å². The van der Waals surface area contributed by atoms with Gasteiger partial charge < -0.3 is 14.2 Å². The van der Waals surface area contributed by atoms with Crippen LogP contribution in [0, 0.1) is 0 Å². The minimum absolute atomic E-state index is 0.218. The highest BCUT2D eigenvalue weighted by molar-refractivity contribution is 5.68. The number of amides is 1. The van der Waals surface area contributed by atoms with Gasteiger partial charge in [-0.05, 0) is 34.6 Å². The molecule has 0 aliphatic rings. The molecule has 0 heterocycles. The lowest BCUT2D eigenvalue weighted by Gasteiger charge is -2.35. The van der Waals surface area contributed by atoms with E-state index in [1.807, 2.05) is 34.6 Å². The molecule has 2 atom stereocenters. The van der Waals surface area contributed by atoms with Crippen molar-refractivity contribution >= 4 is 6.09 Å². The number of nitrogens with zero attached hydrogens (tertiary/aromatic N) is 1. The Labute approximate surface area is 116 Å². The highest BCUT2D eigenvalue weighted by Crippen LogP contribution is 2.15. The number of rotatable bonds is 7. The van der Waals surface area contributed by atoms with Gasteiger partial charge in [-0.15, -0.1) is 0 Å². The van der Waals surface area contributed by atoms with Crippen LogP contribution in [-0.4, -0.2) is 49.0 Å². The first-order valence-electron chi connectivity index (χ1n) is 6.51. The van der Waals surface area contributed by atoms with Crippen molar-refractivity contribution in [3.05, 3.63) is 12.8 Å². The van der Waals surface area contributed by atoms with Crippen molar-refractivity contribution in [3.8, 4) is 0 Å². The zero-order valence-electron chi connectivity index (χ0n) is 12.9. The lowest BCUT2D eigenvalue weighted by atomic mass is 10.1. The van der Waals surface area contributed by atoms with Gasteiger partial charge in [-0.3, -0.25) is 4.90 Å². The van der Waals surface area contributed by atoms with Crippen LogP contribution in [0.15, 0.2) is 12.8 Å². The summed E-state index contributed by atoms with van der Waals surface area (Å²) in [6.45, 7) is 13.7. The summed E-state index contributed by atoms with van der Waals surface area (Å²) in [6.07, 6.45) is 0.789. The quantitative estimate of drug-likeness (QED) is 0.669. The van der Waals surface area contributed by atoms with E-state index in [0.717, 1.165) is 0 Å². The van der Waals surface area contributed by atoms with Crippen LogP contribution in [-0.2, 0) is 14.2 Å². The van der Waals surface area contributed by atoms with Gasteiger partial charge in [-0.1, -0.05) is 6.58 Å². The molecule has 0 fully saturated rings. The second-order valence-electron chi connectivity index (χ2n) is 5.30. The van der Waals surface area contributed by atoms with Crippen LogP contribution < -0.4 is 0 Å². The number of carbonyl (C=O) groups is 1. The van der Waals surface area contributed by atoms with Gasteiger partial charge in [0.1, 0.15) is 11.7 Å². The van der Waals surface area contributed by atoms with E-state index in [9.17, 15) is 4.79 Å². The summed E-state index contributed by atoms with van der Waals surface area (Å²) in [5.41, 5.74) is -0.523. The van der Waals surface area contributed by atoms with Crippen molar-refractivity contribution in [1.82, 2.24) is 4.90 Å². The van der Waals surface area contributed by atoms with Crippen LogP contribution in [0.1, 0.15) is 34.6 Å². The van der Waals surface area contributed by atoms with E-state index < -0.39 is 5.60 Å². The summed E-state index contributed by atoms with van der Waals surface area (Å²) in [4.78, 5) is 13.8. The molecule has 19 heavy (non-hydrogen) atoms. The van der Waals surface area contributed by atoms with Crippen LogP contribution in [0.5, 0.6) is 0 Å². The molecule has 0 radical (unpaired) electrons. The molecular formula is C14H27NO4. The molecule has 0 rings (SSSR count). The van der Waals surface area contributed by atoms with Crippen molar-refractivity contribution in [3.63, 3.8) is 0 Å². The third-order valence-corrected chi connectivity index (χ3v) is 2.56. The van der Waals surface area contributed by atoms with E-state index in [0.29, 0.717) is 13.2 Å². The maximum atomic E-state index is 12.2. The largest absolute Gasteiger partial charge is 0.497 e. The number of carbonyl (C=O) groups excluding carboxylic acids is 1. The molecule has 0 aromatic rings. The molecule has 112 valence electrons. The summed E-state index contributed by atoms with van der Waals surface area (Å²) in [6, 6.07) is -0.220. The summed E-state index contributed by atoms with van der Waals surface area (Å²) in [5, 5.41) is 0. The van der Waals surface area contributed by atoms with Crippen LogP contribution in [0.25, 0.3) is 0 Å². The monoisotopic (exact) mass is 273 g/mol. The molecule has 0 aliphatic heterocycles. The maximum Gasteiger partial charge on any atom is 0.410 e. The van der Waals surface area contributed by atoms with Gasteiger partial charge in [0, 0.05) is 13.7 Å². The second-order valence-corrected chi connectivity index (χ2v) is 5.30. The van der Waals surface area contributed by atoms with Crippen molar-refractivity contribution in [2.75, 3.05) is 20.3 Å². The van der Waals surface area contributed by atoms with Crippen LogP contribution in [0.2, 0.25) is 0 Å². The van der Waals surface area contributed by atoms with E-state index in [-0.39, 0.29) is 18.2 Å². The number of likely N-dealkylation sites (N-methyl/N-ethyl adjacent to an activating group) is 1. The Bertz CT molecular complexity index is 286. The summed E-state index contributed by atoms with van der Waals surface area (Å²) < 4.78 is 15.9. The zero-order chi connectivity index (χ0) is 15.1. The summed E-state index contributed by atoms with van der Waals surface area (Å²) in [5.74, 6) is 0. The molecule has 2 unspecified atom stereocenters. The lowest BCUT2D eigenvalue weighted by Crippen LogP contribution is -2.50. The Morgan fingerprint density at radius 2 is 2.00 bits per heavy atom. The Hall–Kier alpha value is -1.23. The normalized spacial score (nSPS) is 14.4. The Morgan fingerprint density at radius 1 is 1.42 bits per heavy atom. The van der Waals surface area contributed by atoms with E-state index in [4.69, 9.17) is 14.2 Å². The molecule has 0 aromatic carbocycles. The predicted octanol–water partition coefficient (Wildman–Crippen LogP) is 2.81. The summed E-state index contributed by atoms with van der Waals surface area (Å²) >= 11 is 0. The van der Waals surface area contributed by atoms with Crippen molar-refractivity contribution in [1.29, 1.82) is 0 Å². The maximum absolute atomic E-state index is 12.2. The smallest absolute Gasteiger partial charge is 0.410 e. The lowest BCUT2D eigenvalue weighted by molar-refractivity contribution is -0.0222. The minimum atomic E-state index is -0.523. The highest BCUT2D eigenvalue weighted by atomic mass is 16.6. The fourth-order valence-corrected chi connectivity index (χ4v) is 1.71. The molecule has 0 saturated heterocycles. The molecule has 0 aliphatic carbocycles. The average molecular weight is 273 g/mol. The first-order chi connectivity index (χ1) is 8.76. The molecule has 0 spiro atoms. The van der Waals surface area contributed by atoms with Crippen molar-refractivity contribution in [2.24, 2.45) is 0 Å². The predicted molar refractivity (Wildman–Crippen MR) is 75.0 cm³/mol. The SMILES string of the molecule is C=COC(C)C(COC)N(CC)C(=O)OC(C)(C)C. The molecule has 5 nitrogen and oxygen atoms in total. The van der Waals surface area contributed by atoms with Gasteiger partial charge in [0.25, 0.3) is 0 Å². The Balaban J connectivity index is 4.91. The highest BCUT2D eigenvalue weighted by Gasteiger charge is 2.31. The standard InChI is InChI=1S/C14H27NO4/c1-8-15(13(16)19-14(4,5)6)12(10-17-7)11(3)18-9-2/h9,11-12H,2,8,10H2,1,3-7H3. The Morgan fingerprint density at radius 3 is 2.37 bits per heavy atom. The fourth-order valence-electron chi connectivity index (χ4n) is 1.71. The van der Waals surface area contributed by atoms with Gasteiger partial charge in [0.15, 0.2) is 0 Å². The molecule has 1 amide bonds. The van der Waals surface area contributed by atoms with Gasteiger partial charge in [0.2, 0.25) is 0 Å². The third kappa shape index (κ3) is 6.47. The number of methoxy groups -OCH3 is 1. The fraction of sp³-hybridized carbons (Fsp3) is 0.786.